The molecule has 0 heterocycles. The van der Waals surface area contributed by atoms with Crippen molar-refractivity contribution in [2.24, 2.45) is 0 Å². The second kappa shape index (κ2) is 7.45. The lowest BCUT2D eigenvalue weighted by atomic mass is 10.1. The summed E-state index contributed by atoms with van der Waals surface area (Å²) >= 11 is 0. The van der Waals surface area contributed by atoms with Crippen molar-refractivity contribution in [1.29, 1.82) is 0 Å². The number of methoxy groups -OCH3 is 1. The number of hydrogen-bond acceptors (Lipinski definition) is 3. The highest BCUT2D eigenvalue weighted by molar-refractivity contribution is 5.94. The molecule has 0 aliphatic carbocycles. The molecule has 2 aromatic rings. The van der Waals surface area contributed by atoms with Crippen molar-refractivity contribution in [1.82, 2.24) is 5.32 Å². The highest BCUT2D eigenvalue weighted by Crippen LogP contribution is 2.13. The van der Waals surface area contributed by atoms with Crippen molar-refractivity contribution in [2.75, 3.05) is 19.5 Å². The lowest BCUT2D eigenvalue weighted by Crippen LogP contribution is -2.17. The van der Waals surface area contributed by atoms with Gasteiger partial charge in [0.05, 0.1) is 6.61 Å². The van der Waals surface area contributed by atoms with Crippen molar-refractivity contribution < 1.29 is 9.53 Å². The molecule has 0 atom stereocenters. The second-order valence-corrected chi connectivity index (χ2v) is 4.76. The first-order valence-electron chi connectivity index (χ1n) is 6.85. The second-order valence-electron chi connectivity index (χ2n) is 4.76. The quantitative estimate of drug-likeness (QED) is 0.857. The minimum Gasteiger partial charge on any atom is -0.381 e. The van der Waals surface area contributed by atoms with E-state index in [1.807, 2.05) is 18.2 Å². The molecule has 0 aromatic heterocycles. The highest BCUT2D eigenvalue weighted by atomic mass is 16.5. The molecule has 4 heteroatoms. The van der Waals surface area contributed by atoms with Crippen LogP contribution in [0, 0.1) is 0 Å². The van der Waals surface area contributed by atoms with E-state index in [0.29, 0.717) is 18.7 Å². The number of hydrogen-bond donors (Lipinski definition) is 2. The summed E-state index contributed by atoms with van der Waals surface area (Å²) in [4.78, 5) is 11.6. The Labute approximate surface area is 125 Å². The number of nitrogens with one attached hydrogen (secondary N) is 2. The van der Waals surface area contributed by atoms with E-state index < -0.39 is 0 Å². The van der Waals surface area contributed by atoms with Crippen LogP contribution in [-0.4, -0.2) is 20.1 Å². The van der Waals surface area contributed by atoms with Gasteiger partial charge < -0.3 is 15.4 Å². The summed E-state index contributed by atoms with van der Waals surface area (Å²) in [5, 5.41) is 5.94. The molecule has 0 radical (unpaired) electrons. The molecular formula is C17H20N2O2. The SMILES string of the molecule is CNC(=O)c1cccc(NCc2ccc(COC)cc2)c1. The Bertz CT molecular complexity index is 594. The summed E-state index contributed by atoms with van der Waals surface area (Å²) in [6, 6.07) is 15.7. The Morgan fingerprint density at radius 2 is 1.81 bits per heavy atom. The standard InChI is InChI=1S/C17H20N2O2/c1-18-17(20)15-4-3-5-16(10-15)19-11-13-6-8-14(9-7-13)12-21-2/h3-10,19H,11-12H2,1-2H3,(H,18,20). The van der Waals surface area contributed by atoms with E-state index >= 15 is 0 Å². The monoisotopic (exact) mass is 284 g/mol. The molecule has 0 aliphatic heterocycles. The number of carbonyl (C=O) groups is 1. The zero-order chi connectivity index (χ0) is 15.1. The van der Waals surface area contributed by atoms with Gasteiger partial charge in [0, 0.05) is 32.0 Å². The van der Waals surface area contributed by atoms with Crippen LogP contribution in [0.1, 0.15) is 21.5 Å². The average molecular weight is 284 g/mol. The molecule has 0 aliphatic rings. The minimum absolute atomic E-state index is 0.0810. The average Bonchev–Trinajstić information content (AvgIpc) is 2.54. The van der Waals surface area contributed by atoms with Gasteiger partial charge in [-0.25, -0.2) is 0 Å². The van der Waals surface area contributed by atoms with E-state index in [-0.39, 0.29) is 5.91 Å². The van der Waals surface area contributed by atoms with Gasteiger partial charge in [0.15, 0.2) is 0 Å². The maximum atomic E-state index is 11.6. The Hall–Kier alpha value is -2.33. The molecule has 4 nitrogen and oxygen atoms in total. The van der Waals surface area contributed by atoms with Crippen molar-refractivity contribution >= 4 is 11.6 Å². The lowest BCUT2D eigenvalue weighted by Gasteiger charge is -2.09. The van der Waals surface area contributed by atoms with Gasteiger partial charge in [-0.2, -0.15) is 0 Å². The Balaban J connectivity index is 1.97. The van der Waals surface area contributed by atoms with Gasteiger partial charge in [0.2, 0.25) is 0 Å². The minimum atomic E-state index is -0.0810. The number of benzene rings is 2. The maximum Gasteiger partial charge on any atom is 0.251 e. The first-order chi connectivity index (χ1) is 10.2. The zero-order valence-electron chi connectivity index (χ0n) is 12.3. The van der Waals surface area contributed by atoms with E-state index in [1.54, 1.807) is 20.2 Å². The lowest BCUT2D eigenvalue weighted by molar-refractivity contribution is 0.0963. The zero-order valence-corrected chi connectivity index (χ0v) is 12.3. The van der Waals surface area contributed by atoms with E-state index in [4.69, 9.17) is 4.74 Å². The van der Waals surface area contributed by atoms with Crippen LogP contribution in [-0.2, 0) is 17.9 Å². The molecule has 110 valence electrons. The van der Waals surface area contributed by atoms with E-state index in [2.05, 4.69) is 34.9 Å². The van der Waals surface area contributed by atoms with Crippen LogP contribution in [0.15, 0.2) is 48.5 Å². The number of amides is 1. The molecule has 2 aromatic carbocycles. The number of carbonyl (C=O) groups excluding carboxylic acids is 1. The van der Waals surface area contributed by atoms with Crippen LogP contribution in [0.4, 0.5) is 5.69 Å². The van der Waals surface area contributed by atoms with Crippen LogP contribution in [0.5, 0.6) is 0 Å². The highest BCUT2D eigenvalue weighted by Gasteiger charge is 2.03. The van der Waals surface area contributed by atoms with Crippen LogP contribution in [0.2, 0.25) is 0 Å². The van der Waals surface area contributed by atoms with E-state index in [0.717, 1.165) is 11.3 Å². The van der Waals surface area contributed by atoms with Crippen molar-refractivity contribution in [3.8, 4) is 0 Å². The fourth-order valence-electron chi connectivity index (χ4n) is 2.04. The van der Waals surface area contributed by atoms with Crippen molar-refractivity contribution in [3.63, 3.8) is 0 Å². The first-order valence-corrected chi connectivity index (χ1v) is 6.85. The third-order valence-corrected chi connectivity index (χ3v) is 3.18. The van der Waals surface area contributed by atoms with Gasteiger partial charge in [-0.05, 0) is 29.3 Å². The van der Waals surface area contributed by atoms with Gasteiger partial charge in [0.25, 0.3) is 5.91 Å². The summed E-state index contributed by atoms with van der Waals surface area (Å²) in [7, 11) is 3.32. The molecule has 0 fully saturated rings. The predicted octanol–water partition coefficient (Wildman–Crippen LogP) is 2.80. The molecule has 0 saturated carbocycles. The topological polar surface area (TPSA) is 50.4 Å². The molecule has 2 rings (SSSR count). The van der Waals surface area contributed by atoms with Crippen molar-refractivity contribution in [3.05, 3.63) is 65.2 Å². The molecule has 1 amide bonds. The predicted molar refractivity (Wildman–Crippen MR) is 84.3 cm³/mol. The van der Waals surface area contributed by atoms with Gasteiger partial charge in [-0.15, -0.1) is 0 Å². The molecule has 0 saturated heterocycles. The van der Waals surface area contributed by atoms with Crippen LogP contribution in [0.3, 0.4) is 0 Å². The summed E-state index contributed by atoms with van der Waals surface area (Å²) in [6.07, 6.45) is 0. The third-order valence-electron chi connectivity index (χ3n) is 3.18. The summed E-state index contributed by atoms with van der Waals surface area (Å²) in [5.41, 5.74) is 3.91. The fraction of sp³-hybridized carbons (Fsp3) is 0.235. The Morgan fingerprint density at radius 3 is 2.48 bits per heavy atom. The first kappa shape index (κ1) is 15.1. The van der Waals surface area contributed by atoms with Crippen molar-refractivity contribution in [2.45, 2.75) is 13.2 Å². The Morgan fingerprint density at radius 1 is 1.10 bits per heavy atom. The fourth-order valence-corrected chi connectivity index (χ4v) is 2.04. The molecular weight excluding hydrogens is 264 g/mol. The van der Waals surface area contributed by atoms with E-state index in [1.165, 1.54) is 5.56 Å². The van der Waals surface area contributed by atoms with Crippen LogP contribution < -0.4 is 10.6 Å². The van der Waals surface area contributed by atoms with Gasteiger partial charge >= 0.3 is 0 Å². The molecule has 2 N–H and O–H groups in total. The van der Waals surface area contributed by atoms with Gasteiger partial charge in [-0.3, -0.25) is 4.79 Å². The molecule has 0 unspecified atom stereocenters. The number of ether oxygens (including phenoxy) is 1. The maximum absolute atomic E-state index is 11.6. The Kier molecular flexibility index (Phi) is 5.35. The van der Waals surface area contributed by atoms with Gasteiger partial charge in [0.1, 0.15) is 0 Å². The smallest absolute Gasteiger partial charge is 0.251 e. The van der Waals surface area contributed by atoms with Crippen LogP contribution >= 0.6 is 0 Å². The van der Waals surface area contributed by atoms with E-state index in [9.17, 15) is 4.79 Å². The summed E-state index contributed by atoms with van der Waals surface area (Å²) in [5.74, 6) is -0.0810. The molecule has 21 heavy (non-hydrogen) atoms. The van der Waals surface area contributed by atoms with Gasteiger partial charge in [-0.1, -0.05) is 30.3 Å². The van der Waals surface area contributed by atoms with Crippen LogP contribution in [0.25, 0.3) is 0 Å². The number of anilines is 1. The molecule has 0 bridgehead atoms. The molecule has 0 spiro atoms. The third kappa shape index (κ3) is 4.33. The summed E-state index contributed by atoms with van der Waals surface area (Å²) in [6.45, 7) is 1.34. The largest absolute Gasteiger partial charge is 0.381 e. The normalized spacial score (nSPS) is 10.2. The summed E-state index contributed by atoms with van der Waals surface area (Å²) < 4.78 is 5.09. The number of rotatable bonds is 6.